The highest BCUT2D eigenvalue weighted by Gasteiger charge is 2.30. The van der Waals surface area contributed by atoms with Gasteiger partial charge in [-0.3, -0.25) is 10.1 Å². The number of hydrogen-bond acceptors (Lipinski definition) is 6. The predicted octanol–water partition coefficient (Wildman–Crippen LogP) is 5.75. The van der Waals surface area contributed by atoms with E-state index in [1.165, 1.54) is 6.33 Å². The molecule has 7 heteroatoms. The maximum atomic E-state index is 12.4. The molecule has 4 aromatic rings. The highest BCUT2D eigenvalue weighted by atomic mass is 16.6. The molecule has 1 aromatic heterocycles. The van der Waals surface area contributed by atoms with E-state index in [-0.39, 0.29) is 16.4 Å². The molecule has 0 unspecified atom stereocenters. The van der Waals surface area contributed by atoms with E-state index in [1.807, 2.05) is 108 Å². The van der Waals surface area contributed by atoms with E-state index in [0.717, 1.165) is 16.8 Å². The topological polar surface area (TPSA) is 75.4 Å². The first-order valence-electron chi connectivity index (χ1n) is 10.8. The van der Waals surface area contributed by atoms with Gasteiger partial charge in [0.15, 0.2) is 0 Å². The number of nitro groups is 1. The summed E-state index contributed by atoms with van der Waals surface area (Å²) in [5, 5.41) is 12.4. The lowest BCUT2D eigenvalue weighted by atomic mass is 10.1. The van der Waals surface area contributed by atoms with Gasteiger partial charge in [0.05, 0.1) is 4.92 Å². The van der Waals surface area contributed by atoms with Crippen molar-refractivity contribution in [1.82, 2.24) is 9.97 Å². The number of nitrogens with zero attached hydrogens (tertiary/aromatic N) is 5. The fourth-order valence-electron chi connectivity index (χ4n) is 3.83. The van der Waals surface area contributed by atoms with Gasteiger partial charge in [0.25, 0.3) is 0 Å². The van der Waals surface area contributed by atoms with Crippen molar-refractivity contribution in [2.45, 2.75) is 20.0 Å². The highest BCUT2D eigenvalue weighted by Crippen LogP contribution is 2.38. The van der Waals surface area contributed by atoms with Crippen molar-refractivity contribution in [1.29, 1.82) is 0 Å². The summed E-state index contributed by atoms with van der Waals surface area (Å²) < 4.78 is 0. The molecule has 1 heterocycles. The second-order valence-corrected chi connectivity index (χ2v) is 7.53. The molecule has 166 valence electrons. The minimum atomic E-state index is -0.376. The van der Waals surface area contributed by atoms with E-state index < -0.39 is 0 Å². The van der Waals surface area contributed by atoms with E-state index in [1.54, 1.807) is 0 Å². The van der Waals surface area contributed by atoms with Crippen LogP contribution in [0.15, 0.2) is 97.3 Å². The molecule has 0 amide bonds. The molecular formula is C26H25N5O2. The summed E-state index contributed by atoms with van der Waals surface area (Å²) in [7, 11) is 0. The summed E-state index contributed by atoms with van der Waals surface area (Å²) in [6.07, 6.45) is 1.41. The lowest BCUT2D eigenvalue weighted by Crippen LogP contribution is -2.26. The molecule has 0 saturated heterocycles. The van der Waals surface area contributed by atoms with Gasteiger partial charge in [-0.1, -0.05) is 78.9 Å². The molecule has 0 fully saturated rings. The molecule has 0 spiro atoms. The van der Waals surface area contributed by atoms with Gasteiger partial charge in [0.1, 0.15) is 6.33 Å². The van der Waals surface area contributed by atoms with Crippen molar-refractivity contribution in [3.63, 3.8) is 0 Å². The van der Waals surface area contributed by atoms with Crippen LogP contribution < -0.4 is 9.80 Å². The molecule has 0 bridgehead atoms. The summed E-state index contributed by atoms with van der Waals surface area (Å²) in [5.74, 6) is 0.580. The minimum Gasteiger partial charge on any atom is -0.342 e. The average molecular weight is 440 g/mol. The van der Waals surface area contributed by atoms with Crippen LogP contribution in [0.25, 0.3) is 0 Å². The average Bonchev–Trinajstić information content (AvgIpc) is 2.86. The van der Waals surface area contributed by atoms with Crippen molar-refractivity contribution in [3.8, 4) is 0 Å². The van der Waals surface area contributed by atoms with Crippen molar-refractivity contribution < 1.29 is 4.92 Å². The molecule has 4 rings (SSSR count). The zero-order valence-corrected chi connectivity index (χ0v) is 18.4. The number of rotatable bonds is 9. The molecule has 0 radical (unpaired) electrons. The zero-order valence-electron chi connectivity index (χ0n) is 18.4. The molecule has 0 aliphatic carbocycles. The Balaban J connectivity index is 1.82. The quantitative estimate of drug-likeness (QED) is 0.244. The van der Waals surface area contributed by atoms with E-state index in [0.29, 0.717) is 25.5 Å². The molecule has 3 aromatic carbocycles. The first-order valence-corrected chi connectivity index (χ1v) is 10.8. The Bertz CT molecular complexity index is 1150. The molecule has 0 atom stereocenters. The van der Waals surface area contributed by atoms with Crippen LogP contribution in [0, 0.1) is 10.1 Å². The lowest BCUT2D eigenvalue weighted by molar-refractivity contribution is -0.383. The van der Waals surface area contributed by atoms with E-state index in [9.17, 15) is 10.1 Å². The Morgan fingerprint density at radius 3 is 1.73 bits per heavy atom. The second-order valence-electron chi connectivity index (χ2n) is 7.53. The summed E-state index contributed by atoms with van der Waals surface area (Å²) in [6, 6.07) is 29.4. The largest absolute Gasteiger partial charge is 0.354 e. The fraction of sp³-hybridized carbons (Fsp3) is 0.154. The van der Waals surface area contributed by atoms with Crippen LogP contribution in [0.2, 0.25) is 0 Å². The van der Waals surface area contributed by atoms with Crippen LogP contribution in [0.1, 0.15) is 18.1 Å². The molecule has 0 aliphatic rings. The molecule has 7 nitrogen and oxygen atoms in total. The normalized spacial score (nSPS) is 10.6. The molecule has 0 N–H and O–H groups in total. The van der Waals surface area contributed by atoms with Gasteiger partial charge in [-0.2, -0.15) is 0 Å². The van der Waals surface area contributed by atoms with Crippen molar-refractivity contribution >= 4 is 23.0 Å². The summed E-state index contributed by atoms with van der Waals surface area (Å²) in [6.45, 7) is 3.43. The molecule has 33 heavy (non-hydrogen) atoms. The Morgan fingerprint density at radius 2 is 1.24 bits per heavy atom. The monoisotopic (exact) mass is 439 g/mol. The fourth-order valence-corrected chi connectivity index (χ4v) is 3.83. The number of hydrogen-bond donors (Lipinski definition) is 0. The van der Waals surface area contributed by atoms with Crippen LogP contribution in [-0.2, 0) is 13.1 Å². The summed E-state index contributed by atoms with van der Waals surface area (Å²) in [5.41, 5.74) is 2.82. The van der Waals surface area contributed by atoms with E-state index >= 15 is 0 Å². The van der Waals surface area contributed by atoms with Crippen LogP contribution in [-0.4, -0.2) is 21.4 Å². The van der Waals surface area contributed by atoms with Gasteiger partial charge in [0.2, 0.25) is 11.6 Å². The molecular weight excluding hydrogens is 414 g/mol. The third-order valence-corrected chi connectivity index (χ3v) is 5.34. The van der Waals surface area contributed by atoms with Crippen LogP contribution in [0.4, 0.5) is 23.0 Å². The van der Waals surface area contributed by atoms with Crippen molar-refractivity contribution in [3.05, 3.63) is 119 Å². The Labute approximate surface area is 193 Å². The number of aromatic nitrogens is 2. The van der Waals surface area contributed by atoms with Crippen LogP contribution >= 0.6 is 0 Å². The standard InChI is InChI=1S/C26H25N5O2/c1-2-30(23-16-10-5-11-17-23)26-24(31(32)33)25(27-20-28-26)29(18-21-12-6-3-7-13-21)19-22-14-8-4-9-15-22/h3-17,20H,2,18-19H2,1H3. The zero-order chi connectivity index (χ0) is 23.0. The Morgan fingerprint density at radius 1 is 0.758 bits per heavy atom. The second kappa shape index (κ2) is 10.4. The van der Waals surface area contributed by atoms with Gasteiger partial charge in [-0.25, -0.2) is 9.97 Å². The first kappa shape index (κ1) is 22.0. The summed E-state index contributed by atoms with van der Waals surface area (Å²) in [4.78, 5) is 24.5. The van der Waals surface area contributed by atoms with Gasteiger partial charge in [-0.15, -0.1) is 0 Å². The van der Waals surface area contributed by atoms with Gasteiger partial charge < -0.3 is 9.80 Å². The first-order chi connectivity index (χ1) is 16.2. The lowest BCUT2D eigenvalue weighted by Gasteiger charge is -2.26. The summed E-state index contributed by atoms with van der Waals surface area (Å²) >= 11 is 0. The van der Waals surface area contributed by atoms with E-state index in [2.05, 4.69) is 9.97 Å². The van der Waals surface area contributed by atoms with E-state index in [4.69, 9.17) is 0 Å². The maximum Gasteiger partial charge on any atom is 0.354 e. The number of para-hydroxylation sites is 1. The van der Waals surface area contributed by atoms with Crippen LogP contribution in [0.5, 0.6) is 0 Å². The third-order valence-electron chi connectivity index (χ3n) is 5.34. The van der Waals surface area contributed by atoms with Gasteiger partial charge in [-0.05, 0) is 30.2 Å². The molecule has 0 saturated carbocycles. The minimum absolute atomic E-state index is 0.102. The van der Waals surface area contributed by atoms with Crippen molar-refractivity contribution in [2.75, 3.05) is 16.3 Å². The van der Waals surface area contributed by atoms with Gasteiger partial charge >= 0.3 is 5.69 Å². The highest BCUT2D eigenvalue weighted by molar-refractivity contribution is 5.76. The number of benzene rings is 3. The third kappa shape index (κ3) is 5.15. The van der Waals surface area contributed by atoms with Crippen molar-refractivity contribution in [2.24, 2.45) is 0 Å². The maximum absolute atomic E-state index is 12.4. The Kier molecular flexibility index (Phi) is 6.90. The van der Waals surface area contributed by atoms with Crippen LogP contribution in [0.3, 0.4) is 0 Å². The van der Waals surface area contributed by atoms with Gasteiger partial charge in [0, 0.05) is 25.3 Å². The Hall–Kier alpha value is -4.26. The SMILES string of the molecule is CCN(c1ccccc1)c1ncnc(N(Cc2ccccc2)Cc2ccccc2)c1[N+](=O)[O-]. The smallest absolute Gasteiger partial charge is 0.342 e. The molecule has 0 aliphatic heterocycles. The predicted molar refractivity (Wildman–Crippen MR) is 131 cm³/mol. The number of anilines is 3.